The van der Waals surface area contributed by atoms with Crippen LogP contribution in [0, 0.1) is 5.92 Å². The molecule has 0 saturated heterocycles. The van der Waals surface area contributed by atoms with E-state index in [0.717, 1.165) is 36.4 Å². The average Bonchev–Trinajstić information content (AvgIpc) is 2.56. The summed E-state index contributed by atoms with van der Waals surface area (Å²) in [5.41, 5.74) is 1.78. The summed E-state index contributed by atoms with van der Waals surface area (Å²) in [6, 6.07) is 6.13. The Morgan fingerprint density at radius 2 is 2.16 bits per heavy atom. The van der Waals surface area contributed by atoms with Crippen molar-refractivity contribution in [1.82, 2.24) is 0 Å². The smallest absolute Gasteiger partial charge is 0.229 e. The molecule has 19 heavy (non-hydrogen) atoms. The lowest BCUT2D eigenvalue weighted by atomic mass is 9.84. The summed E-state index contributed by atoms with van der Waals surface area (Å²) in [6.07, 6.45) is 4.38. The Labute approximate surface area is 113 Å². The summed E-state index contributed by atoms with van der Waals surface area (Å²) >= 11 is 0. The maximum absolute atomic E-state index is 12.4. The highest BCUT2D eigenvalue weighted by Gasteiger charge is 2.34. The van der Waals surface area contributed by atoms with Gasteiger partial charge in [0.05, 0.1) is 18.2 Å². The minimum absolute atomic E-state index is 0.0793. The van der Waals surface area contributed by atoms with Crippen LogP contribution in [0.3, 0.4) is 0 Å². The van der Waals surface area contributed by atoms with Crippen molar-refractivity contribution in [2.45, 2.75) is 38.6 Å². The lowest BCUT2D eigenvalue weighted by Crippen LogP contribution is -2.37. The second kappa shape index (κ2) is 5.11. The molecule has 0 spiro atoms. The zero-order valence-electron chi connectivity index (χ0n) is 11.2. The molecule has 4 nitrogen and oxygen atoms in total. The zero-order valence-corrected chi connectivity index (χ0v) is 11.2. The van der Waals surface area contributed by atoms with Gasteiger partial charge < -0.3 is 15.4 Å². The highest BCUT2D eigenvalue weighted by Crippen LogP contribution is 2.39. The summed E-state index contributed by atoms with van der Waals surface area (Å²) in [4.78, 5) is 12.4. The van der Waals surface area contributed by atoms with E-state index < -0.39 is 0 Å². The van der Waals surface area contributed by atoms with Crippen LogP contribution in [0.1, 0.15) is 32.6 Å². The lowest BCUT2D eigenvalue weighted by Gasteiger charge is -2.29. The van der Waals surface area contributed by atoms with Crippen molar-refractivity contribution in [3.8, 4) is 5.75 Å². The first-order valence-corrected chi connectivity index (χ1v) is 7.13. The summed E-state index contributed by atoms with van der Waals surface area (Å²) in [7, 11) is 0. The molecular formula is C15H20N2O2. The normalized spacial score (nSPS) is 25.4. The molecule has 1 heterocycles. The first-order chi connectivity index (χ1) is 9.29. The number of para-hydroxylation sites is 1. The highest BCUT2D eigenvalue weighted by atomic mass is 16.5. The molecule has 2 N–H and O–H groups in total. The Hall–Kier alpha value is -1.71. The van der Waals surface area contributed by atoms with Crippen molar-refractivity contribution < 1.29 is 9.53 Å². The predicted molar refractivity (Wildman–Crippen MR) is 75.6 cm³/mol. The maximum Gasteiger partial charge on any atom is 0.229 e. The maximum atomic E-state index is 12.4. The third-order valence-corrected chi connectivity index (χ3v) is 4.02. The van der Waals surface area contributed by atoms with E-state index in [0.29, 0.717) is 6.61 Å². The number of anilines is 2. The van der Waals surface area contributed by atoms with Gasteiger partial charge in [-0.15, -0.1) is 0 Å². The fourth-order valence-corrected chi connectivity index (χ4v) is 3.09. The monoisotopic (exact) mass is 260 g/mol. The molecule has 1 aromatic carbocycles. The Balaban J connectivity index is 1.97. The molecule has 2 unspecified atom stereocenters. The van der Waals surface area contributed by atoms with Gasteiger partial charge in [-0.1, -0.05) is 18.9 Å². The van der Waals surface area contributed by atoms with E-state index in [2.05, 4.69) is 10.6 Å². The van der Waals surface area contributed by atoms with Crippen molar-refractivity contribution in [3.63, 3.8) is 0 Å². The molecule has 0 bridgehead atoms. The Morgan fingerprint density at radius 3 is 3.00 bits per heavy atom. The summed E-state index contributed by atoms with van der Waals surface area (Å²) in [6.45, 7) is 2.55. The molecule has 1 aliphatic heterocycles. The number of rotatable bonds is 2. The van der Waals surface area contributed by atoms with E-state index in [-0.39, 0.29) is 17.9 Å². The van der Waals surface area contributed by atoms with Gasteiger partial charge in [0.15, 0.2) is 0 Å². The van der Waals surface area contributed by atoms with Gasteiger partial charge in [-0.3, -0.25) is 4.79 Å². The number of benzene rings is 1. The fourth-order valence-electron chi connectivity index (χ4n) is 3.09. The highest BCUT2D eigenvalue weighted by molar-refractivity contribution is 6.00. The average molecular weight is 260 g/mol. The number of amides is 1. The molecule has 1 saturated carbocycles. The lowest BCUT2D eigenvalue weighted by molar-refractivity contribution is -0.120. The number of hydrogen-bond acceptors (Lipinski definition) is 3. The number of nitrogens with one attached hydrogen (secondary N) is 2. The number of fused-ring (bicyclic) bond motifs is 2. The van der Waals surface area contributed by atoms with Gasteiger partial charge >= 0.3 is 0 Å². The van der Waals surface area contributed by atoms with Crippen LogP contribution in [-0.4, -0.2) is 18.6 Å². The molecule has 0 radical (unpaired) electrons. The van der Waals surface area contributed by atoms with Gasteiger partial charge in [-0.2, -0.15) is 0 Å². The van der Waals surface area contributed by atoms with Crippen molar-refractivity contribution in [1.29, 1.82) is 0 Å². The minimum Gasteiger partial charge on any atom is -0.492 e. The van der Waals surface area contributed by atoms with E-state index in [1.807, 2.05) is 25.1 Å². The minimum atomic E-state index is 0.0793. The molecule has 102 valence electrons. The van der Waals surface area contributed by atoms with Crippen LogP contribution in [-0.2, 0) is 4.79 Å². The largest absolute Gasteiger partial charge is 0.492 e. The first kappa shape index (κ1) is 12.3. The van der Waals surface area contributed by atoms with Crippen LogP contribution < -0.4 is 15.4 Å². The van der Waals surface area contributed by atoms with Crippen LogP contribution in [0.5, 0.6) is 5.75 Å². The van der Waals surface area contributed by atoms with Gasteiger partial charge in [0.1, 0.15) is 11.4 Å². The molecule has 0 aromatic heterocycles. The zero-order chi connectivity index (χ0) is 13.2. The van der Waals surface area contributed by atoms with Crippen molar-refractivity contribution >= 4 is 17.3 Å². The van der Waals surface area contributed by atoms with Crippen LogP contribution in [0.15, 0.2) is 18.2 Å². The van der Waals surface area contributed by atoms with Gasteiger partial charge in [0, 0.05) is 6.04 Å². The third kappa shape index (κ3) is 2.27. The second-order valence-electron chi connectivity index (χ2n) is 5.24. The SMILES string of the molecule is CCOc1cccc2c1NC(=O)C1CCCCC1N2. The van der Waals surface area contributed by atoms with Gasteiger partial charge in [0.2, 0.25) is 5.91 Å². The number of carbonyl (C=O) groups excluding carboxylic acids is 1. The Bertz CT molecular complexity index is 487. The van der Waals surface area contributed by atoms with E-state index in [1.165, 1.54) is 6.42 Å². The quantitative estimate of drug-likeness (QED) is 0.859. The second-order valence-corrected chi connectivity index (χ2v) is 5.24. The van der Waals surface area contributed by atoms with E-state index >= 15 is 0 Å². The van der Waals surface area contributed by atoms with E-state index in [4.69, 9.17) is 4.74 Å². The van der Waals surface area contributed by atoms with Crippen molar-refractivity contribution in [2.75, 3.05) is 17.2 Å². The van der Waals surface area contributed by atoms with Gasteiger partial charge in [-0.05, 0) is 31.9 Å². The van der Waals surface area contributed by atoms with Crippen LogP contribution >= 0.6 is 0 Å². The summed E-state index contributed by atoms with van der Waals surface area (Å²) < 4.78 is 5.61. The molecule has 3 rings (SSSR count). The van der Waals surface area contributed by atoms with E-state index in [9.17, 15) is 4.79 Å². The third-order valence-electron chi connectivity index (χ3n) is 4.02. The first-order valence-electron chi connectivity index (χ1n) is 7.13. The summed E-state index contributed by atoms with van der Waals surface area (Å²) in [5.74, 6) is 0.957. The van der Waals surface area contributed by atoms with E-state index in [1.54, 1.807) is 0 Å². The number of ether oxygens (including phenoxy) is 1. The number of hydrogen-bond donors (Lipinski definition) is 2. The molecule has 2 aliphatic rings. The van der Waals surface area contributed by atoms with Crippen molar-refractivity contribution in [2.24, 2.45) is 5.92 Å². The topological polar surface area (TPSA) is 50.4 Å². The van der Waals surface area contributed by atoms with Crippen LogP contribution in [0.25, 0.3) is 0 Å². The fraction of sp³-hybridized carbons (Fsp3) is 0.533. The number of carbonyl (C=O) groups is 1. The standard InChI is InChI=1S/C15H20N2O2/c1-2-19-13-9-5-8-12-14(13)17-15(18)10-6-3-4-7-11(10)16-12/h5,8-11,16H,2-4,6-7H2,1H3,(H,17,18). The molecule has 1 amide bonds. The molecular weight excluding hydrogens is 240 g/mol. The predicted octanol–water partition coefficient (Wildman–Crippen LogP) is 3.01. The van der Waals surface area contributed by atoms with Gasteiger partial charge in [-0.25, -0.2) is 0 Å². The Kier molecular flexibility index (Phi) is 3.32. The molecule has 2 atom stereocenters. The molecule has 1 fully saturated rings. The molecule has 4 heteroatoms. The Morgan fingerprint density at radius 1 is 1.32 bits per heavy atom. The van der Waals surface area contributed by atoms with Crippen molar-refractivity contribution in [3.05, 3.63) is 18.2 Å². The summed E-state index contributed by atoms with van der Waals surface area (Å²) in [5, 5.41) is 6.58. The molecule has 1 aromatic rings. The van der Waals surface area contributed by atoms with Crippen LogP contribution in [0.4, 0.5) is 11.4 Å². The van der Waals surface area contributed by atoms with Crippen LogP contribution in [0.2, 0.25) is 0 Å². The van der Waals surface area contributed by atoms with Gasteiger partial charge in [0.25, 0.3) is 0 Å². The molecule has 1 aliphatic carbocycles.